The van der Waals surface area contributed by atoms with Crippen LogP contribution in [0.4, 0.5) is 0 Å². The Labute approximate surface area is 115 Å². The zero-order valence-corrected chi connectivity index (χ0v) is 11.4. The number of hydrogen-bond donors (Lipinski definition) is 2. The van der Waals surface area contributed by atoms with Crippen LogP contribution in [0.3, 0.4) is 0 Å². The molecule has 1 aromatic carbocycles. The summed E-state index contributed by atoms with van der Waals surface area (Å²) in [5.74, 6) is 0.825. The van der Waals surface area contributed by atoms with Crippen molar-refractivity contribution < 1.29 is 9.94 Å². The molecule has 3 N–H and O–H groups in total. The van der Waals surface area contributed by atoms with Crippen LogP contribution < -0.4 is 5.73 Å². The van der Waals surface area contributed by atoms with E-state index in [4.69, 9.17) is 15.7 Å². The predicted octanol–water partition coefficient (Wildman–Crippen LogP) is 2.07. The van der Waals surface area contributed by atoms with Crippen LogP contribution in [0.1, 0.15) is 5.56 Å². The third kappa shape index (κ3) is 3.15. The van der Waals surface area contributed by atoms with E-state index in [9.17, 15) is 0 Å². The Morgan fingerprint density at radius 1 is 1.47 bits per heavy atom. The molecule has 0 radical (unpaired) electrons. The van der Waals surface area contributed by atoms with Crippen molar-refractivity contribution in [3.8, 4) is 0 Å². The Morgan fingerprint density at radius 3 is 3.00 bits per heavy atom. The summed E-state index contributed by atoms with van der Waals surface area (Å²) in [5, 5.41) is 13.6. The van der Waals surface area contributed by atoms with Crippen molar-refractivity contribution in [2.24, 2.45) is 10.9 Å². The molecule has 0 bridgehead atoms. The van der Waals surface area contributed by atoms with Crippen molar-refractivity contribution in [3.05, 3.63) is 35.9 Å². The summed E-state index contributed by atoms with van der Waals surface area (Å²) in [6, 6.07) is 9.62. The number of nitrogens with zero attached hydrogens (tertiary/aromatic N) is 2. The number of pyridine rings is 1. The van der Waals surface area contributed by atoms with E-state index >= 15 is 0 Å². The molecule has 100 valence electrons. The van der Waals surface area contributed by atoms with E-state index in [1.807, 2.05) is 30.3 Å². The van der Waals surface area contributed by atoms with Crippen LogP contribution in [0.15, 0.2) is 40.5 Å². The largest absolute Gasteiger partial charge is 0.409 e. The molecule has 0 aliphatic heterocycles. The number of ether oxygens (including phenoxy) is 1. The van der Waals surface area contributed by atoms with Crippen LogP contribution in [0.25, 0.3) is 10.9 Å². The van der Waals surface area contributed by atoms with Crippen molar-refractivity contribution in [1.82, 2.24) is 4.98 Å². The lowest BCUT2D eigenvalue weighted by Crippen LogP contribution is -2.15. The molecule has 2 aromatic rings. The maximum atomic E-state index is 8.86. The van der Waals surface area contributed by atoms with Gasteiger partial charge in [0.1, 0.15) is 5.03 Å². The predicted molar refractivity (Wildman–Crippen MR) is 76.9 cm³/mol. The van der Waals surface area contributed by atoms with Crippen molar-refractivity contribution in [1.29, 1.82) is 0 Å². The summed E-state index contributed by atoms with van der Waals surface area (Å²) in [6.45, 7) is 0.620. The quantitative estimate of drug-likeness (QED) is 0.218. The van der Waals surface area contributed by atoms with Crippen LogP contribution in [0.5, 0.6) is 0 Å². The standard InChI is InChI=1S/C13H15N3O2S/c1-18-6-7-19-13-10(12(14)16-17)8-9-4-2-3-5-11(9)15-13/h2-5,8,17H,6-7H2,1H3,(H2,14,16). The molecular weight excluding hydrogens is 262 g/mol. The molecule has 0 amide bonds. The number of benzene rings is 1. The number of nitrogens with two attached hydrogens (primary N) is 1. The maximum Gasteiger partial charge on any atom is 0.172 e. The van der Waals surface area contributed by atoms with Gasteiger partial charge < -0.3 is 15.7 Å². The SMILES string of the molecule is COCCSc1nc2ccccc2cc1C(N)=NO. The van der Waals surface area contributed by atoms with E-state index < -0.39 is 0 Å². The molecule has 1 aromatic heterocycles. The van der Waals surface area contributed by atoms with E-state index in [1.54, 1.807) is 7.11 Å². The summed E-state index contributed by atoms with van der Waals surface area (Å²) >= 11 is 1.52. The first-order valence-electron chi connectivity index (χ1n) is 5.75. The molecular formula is C13H15N3O2S. The second-order valence-electron chi connectivity index (χ2n) is 3.86. The Hall–Kier alpha value is -1.79. The Balaban J connectivity index is 2.45. The van der Waals surface area contributed by atoms with Crippen molar-refractivity contribution >= 4 is 28.5 Å². The molecule has 5 nitrogen and oxygen atoms in total. The minimum absolute atomic E-state index is 0.0677. The molecule has 0 unspecified atom stereocenters. The van der Waals surface area contributed by atoms with E-state index in [1.165, 1.54) is 11.8 Å². The zero-order chi connectivity index (χ0) is 13.7. The van der Waals surface area contributed by atoms with Gasteiger partial charge in [0.15, 0.2) is 5.84 Å². The number of amidine groups is 1. The fraction of sp³-hybridized carbons (Fsp3) is 0.231. The Morgan fingerprint density at radius 2 is 2.26 bits per heavy atom. The van der Waals surface area contributed by atoms with Gasteiger partial charge in [0.05, 0.1) is 17.7 Å². The summed E-state index contributed by atoms with van der Waals surface area (Å²) in [7, 11) is 1.65. The average Bonchev–Trinajstić information content (AvgIpc) is 2.46. The van der Waals surface area contributed by atoms with Crippen molar-refractivity contribution in [2.45, 2.75) is 5.03 Å². The fourth-order valence-electron chi connectivity index (χ4n) is 1.67. The smallest absolute Gasteiger partial charge is 0.172 e. The number of thioether (sulfide) groups is 1. The maximum absolute atomic E-state index is 8.86. The third-order valence-electron chi connectivity index (χ3n) is 2.60. The highest BCUT2D eigenvalue weighted by Gasteiger charge is 2.11. The molecule has 0 aliphatic carbocycles. The van der Waals surface area contributed by atoms with E-state index in [-0.39, 0.29) is 5.84 Å². The topological polar surface area (TPSA) is 80.7 Å². The molecule has 0 fully saturated rings. The number of fused-ring (bicyclic) bond motifs is 1. The van der Waals surface area contributed by atoms with Crippen molar-refractivity contribution in [2.75, 3.05) is 19.5 Å². The molecule has 2 rings (SSSR count). The van der Waals surface area contributed by atoms with Gasteiger partial charge in [0.2, 0.25) is 0 Å². The minimum atomic E-state index is 0.0677. The lowest BCUT2D eigenvalue weighted by atomic mass is 10.1. The number of methoxy groups -OCH3 is 1. The molecule has 19 heavy (non-hydrogen) atoms. The Bertz CT molecular complexity index is 601. The van der Waals surface area contributed by atoms with Gasteiger partial charge in [-0.3, -0.25) is 0 Å². The first-order chi connectivity index (χ1) is 9.26. The molecule has 0 spiro atoms. The molecule has 0 aliphatic rings. The number of aromatic nitrogens is 1. The normalized spacial score (nSPS) is 11.9. The monoisotopic (exact) mass is 277 g/mol. The summed E-state index contributed by atoms with van der Waals surface area (Å²) < 4.78 is 5.02. The van der Waals surface area contributed by atoms with Gasteiger partial charge in [-0.15, -0.1) is 11.8 Å². The van der Waals surface area contributed by atoms with Gasteiger partial charge in [-0.2, -0.15) is 0 Å². The summed E-state index contributed by atoms with van der Waals surface area (Å²) in [4.78, 5) is 4.55. The number of hydrogen-bond acceptors (Lipinski definition) is 5. The third-order valence-corrected chi connectivity index (χ3v) is 3.55. The van der Waals surface area contributed by atoms with Crippen LogP contribution in [-0.2, 0) is 4.74 Å². The second-order valence-corrected chi connectivity index (χ2v) is 4.94. The molecule has 0 atom stereocenters. The lowest BCUT2D eigenvalue weighted by molar-refractivity contribution is 0.218. The van der Waals surface area contributed by atoms with Gasteiger partial charge in [-0.1, -0.05) is 23.4 Å². The second kappa shape index (κ2) is 6.40. The van der Waals surface area contributed by atoms with Gasteiger partial charge in [-0.25, -0.2) is 4.98 Å². The Kier molecular flexibility index (Phi) is 4.59. The number of rotatable bonds is 5. The highest BCUT2D eigenvalue weighted by molar-refractivity contribution is 7.99. The molecule has 0 saturated carbocycles. The van der Waals surface area contributed by atoms with E-state index in [2.05, 4.69) is 10.1 Å². The lowest BCUT2D eigenvalue weighted by Gasteiger charge is -2.09. The number of oxime groups is 1. The van der Waals surface area contributed by atoms with Gasteiger partial charge in [-0.05, 0) is 12.1 Å². The summed E-state index contributed by atoms with van der Waals surface area (Å²) in [5.41, 5.74) is 7.23. The zero-order valence-electron chi connectivity index (χ0n) is 10.5. The van der Waals surface area contributed by atoms with Crippen LogP contribution in [0.2, 0.25) is 0 Å². The van der Waals surface area contributed by atoms with Gasteiger partial charge in [0.25, 0.3) is 0 Å². The van der Waals surface area contributed by atoms with Gasteiger partial charge in [0, 0.05) is 18.2 Å². The summed E-state index contributed by atoms with van der Waals surface area (Å²) in [6.07, 6.45) is 0. The van der Waals surface area contributed by atoms with Crippen molar-refractivity contribution in [3.63, 3.8) is 0 Å². The van der Waals surface area contributed by atoms with Crippen LogP contribution in [-0.4, -0.2) is 35.5 Å². The highest BCUT2D eigenvalue weighted by atomic mass is 32.2. The molecule has 1 heterocycles. The van der Waals surface area contributed by atoms with E-state index in [0.29, 0.717) is 12.2 Å². The fourth-order valence-corrected chi connectivity index (χ4v) is 2.59. The first kappa shape index (κ1) is 13.6. The van der Waals surface area contributed by atoms with Crippen LogP contribution in [0, 0.1) is 0 Å². The average molecular weight is 277 g/mol. The van der Waals surface area contributed by atoms with E-state index in [0.717, 1.165) is 21.7 Å². The first-order valence-corrected chi connectivity index (χ1v) is 6.74. The molecule has 6 heteroatoms. The highest BCUT2D eigenvalue weighted by Crippen LogP contribution is 2.24. The molecule has 0 saturated heterocycles. The van der Waals surface area contributed by atoms with Crippen LogP contribution >= 0.6 is 11.8 Å². The van der Waals surface area contributed by atoms with Gasteiger partial charge >= 0.3 is 0 Å². The minimum Gasteiger partial charge on any atom is -0.409 e. The number of para-hydroxylation sites is 1.